The van der Waals surface area contributed by atoms with Crippen molar-refractivity contribution in [2.45, 2.75) is 156 Å². The maximum absolute atomic E-state index is 6.75. The van der Waals surface area contributed by atoms with Crippen molar-refractivity contribution in [1.29, 1.82) is 0 Å². The second kappa shape index (κ2) is 38.5. The van der Waals surface area contributed by atoms with Crippen LogP contribution in [-0.4, -0.2) is 79.3 Å². The topological polar surface area (TPSA) is 111 Å². The highest BCUT2D eigenvalue weighted by atomic mass is 16.5. The van der Waals surface area contributed by atoms with Crippen LogP contribution in [0.2, 0.25) is 0 Å². The van der Waals surface area contributed by atoms with Crippen LogP contribution >= 0.6 is 0 Å². The van der Waals surface area contributed by atoms with Crippen molar-refractivity contribution in [3.63, 3.8) is 0 Å². The Morgan fingerprint density at radius 2 is 0.429 bits per heavy atom. The Balaban J connectivity index is 1.45. The first-order chi connectivity index (χ1) is 34.8. The molecule has 0 saturated heterocycles. The SMILES string of the molecule is CCOC=COCCCCCCCOC1=c2ccc3c4c(ccc(c24)=C1OCCCCCCCOC=COCC)=C(OCCCCCCCOC=COCC)C=3OCCCCCCCOC=COCC. The average Bonchev–Trinajstić information content (AvgIpc) is 3.85. The first-order valence-electron chi connectivity index (χ1n) is 26.9. The summed E-state index contributed by atoms with van der Waals surface area (Å²) in [5.41, 5.74) is 0. The molecule has 2 aliphatic rings. The molecular weight excluding hydrogens is 889 g/mol. The molecule has 2 aromatic rings. The molecule has 0 N–H and O–H groups in total. The van der Waals surface area contributed by atoms with E-state index in [1.165, 1.54) is 0 Å². The summed E-state index contributed by atoms with van der Waals surface area (Å²) in [6.07, 6.45) is 34.2. The van der Waals surface area contributed by atoms with Crippen LogP contribution in [-0.2, 0) is 56.8 Å². The highest BCUT2D eigenvalue weighted by molar-refractivity contribution is 6.04. The van der Waals surface area contributed by atoms with Crippen LogP contribution in [0.5, 0.6) is 0 Å². The van der Waals surface area contributed by atoms with E-state index in [0.29, 0.717) is 79.3 Å². The van der Waals surface area contributed by atoms with Crippen molar-refractivity contribution in [1.82, 2.24) is 0 Å². The lowest BCUT2D eigenvalue weighted by Crippen LogP contribution is -2.21. The third-order valence-corrected chi connectivity index (χ3v) is 11.8. The van der Waals surface area contributed by atoms with Crippen LogP contribution in [0.25, 0.3) is 33.8 Å². The Kier molecular flexibility index (Phi) is 31.5. The summed E-state index contributed by atoms with van der Waals surface area (Å²) >= 11 is 0. The average molecular weight is 977 g/mol. The quantitative estimate of drug-likeness (QED) is 0.0465. The fourth-order valence-electron chi connectivity index (χ4n) is 8.25. The van der Waals surface area contributed by atoms with Gasteiger partial charge in [0.05, 0.1) is 79.3 Å². The van der Waals surface area contributed by atoms with E-state index in [2.05, 4.69) is 24.3 Å². The van der Waals surface area contributed by atoms with E-state index in [-0.39, 0.29) is 0 Å². The molecule has 2 aromatic carbocycles. The molecule has 4 rings (SSSR count). The first kappa shape index (κ1) is 57.3. The van der Waals surface area contributed by atoms with Gasteiger partial charge in [-0.15, -0.1) is 0 Å². The Hall–Kier alpha value is -5.26. The molecule has 0 bridgehead atoms. The van der Waals surface area contributed by atoms with Gasteiger partial charge in [0.1, 0.15) is 50.1 Å². The molecule has 0 heterocycles. The van der Waals surface area contributed by atoms with Gasteiger partial charge in [-0.2, -0.15) is 0 Å². The monoisotopic (exact) mass is 977 g/mol. The van der Waals surface area contributed by atoms with Gasteiger partial charge < -0.3 is 56.8 Å². The number of rotatable bonds is 48. The van der Waals surface area contributed by atoms with Gasteiger partial charge >= 0.3 is 0 Å². The Labute approximate surface area is 419 Å². The first-order valence-corrected chi connectivity index (χ1v) is 26.9. The Morgan fingerprint density at radius 3 is 0.643 bits per heavy atom. The van der Waals surface area contributed by atoms with Gasteiger partial charge in [-0.3, -0.25) is 0 Å². The summed E-state index contributed by atoms with van der Waals surface area (Å²) < 4.78 is 69.9. The van der Waals surface area contributed by atoms with E-state index >= 15 is 0 Å². The normalized spacial score (nSPS) is 12.9. The van der Waals surface area contributed by atoms with E-state index in [1.807, 2.05) is 27.7 Å². The summed E-state index contributed by atoms with van der Waals surface area (Å²) in [4.78, 5) is 0. The van der Waals surface area contributed by atoms with Crippen molar-refractivity contribution in [2.24, 2.45) is 0 Å². The molecule has 2 aliphatic carbocycles. The van der Waals surface area contributed by atoms with E-state index in [9.17, 15) is 0 Å². The molecule has 392 valence electrons. The lowest BCUT2D eigenvalue weighted by Gasteiger charge is -2.14. The van der Waals surface area contributed by atoms with Gasteiger partial charge in [0, 0.05) is 31.6 Å². The highest BCUT2D eigenvalue weighted by Gasteiger charge is 2.27. The summed E-state index contributed by atoms with van der Waals surface area (Å²) in [7, 11) is 0. The maximum atomic E-state index is 6.75. The van der Waals surface area contributed by atoms with Gasteiger partial charge in [0.25, 0.3) is 0 Å². The van der Waals surface area contributed by atoms with Gasteiger partial charge in [-0.05, 0) is 103 Å². The van der Waals surface area contributed by atoms with Crippen LogP contribution in [0, 0.1) is 0 Å². The van der Waals surface area contributed by atoms with Crippen LogP contribution in [0.4, 0.5) is 0 Å². The van der Waals surface area contributed by atoms with Gasteiger partial charge in [0.2, 0.25) is 0 Å². The maximum Gasteiger partial charge on any atom is 0.169 e. The smallest absolute Gasteiger partial charge is 0.169 e. The molecule has 0 amide bonds. The second-order valence-electron chi connectivity index (χ2n) is 17.2. The predicted molar refractivity (Wildman–Crippen MR) is 279 cm³/mol. The van der Waals surface area contributed by atoms with Crippen LogP contribution in [0.15, 0.2) is 74.4 Å². The molecule has 0 spiro atoms. The standard InChI is InChI=1S/C58H88O12/c1-5-59-41-45-63-33-21-13-9-17-25-37-67-55-49-29-30-51-54-52(32-31-50(53(49)54)56(55)68-38-26-18-10-14-22-34-64-46-42-60-6-2)58(70-40-28-20-12-16-24-36-66-48-44-62-8-4)57(51)69-39-27-19-11-15-23-35-65-47-43-61-7-3/h29-32,41-48H,5-28,33-40H2,1-4H3. The lowest BCUT2D eigenvalue weighted by molar-refractivity contribution is 0.205. The number of hydrogen-bond acceptors (Lipinski definition) is 12. The van der Waals surface area contributed by atoms with E-state index in [4.69, 9.17) is 56.8 Å². The molecule has 0 atom stereocenters. The molecule has 0 aromatic heterocycles. The number of unbranched alkanes of at least 4 members (excludes halogenated alkanes) is 16. The second-order valence-corrected chi connectivity index (χ2v) is 17.2. The Bertz CT molecular complexity index is 1780. The van der Waals surface area contributed by atoms with Gasteiger partial charge in [-0.1, -0.05) is 77.0 Å². The zero-order chi connectivity index (χ0) is 49.4. The predicted octanol–water partition coefficient (Wildman–Crippen LogP) is 11.3. The third kappa shape index (κ3) is 21.8. The molecule has 0 aliphatic heterocycles. The molecule has 12 heteroatoms. The molecule has 12 nitrogen and oxygen atoms in total. The summed E-state index contributed by atoms with van der Waals surface area (Å²) in [6.45, 7) is 15.7. The van der Waals surface area contributed by atoms with E-state index in [0.717, 1.165) is 183 Å². The van der Waals surface area contributed by atoms with Crippen LogP contribution < -0.4 is 20.9 Å². The number of hydrogen-bond donors (Lipinski definition) is 0. The third-order valence-electron chi connectivity index (χ3n) is 11.8. The van der Waals surface area contributed by atoms with Crippen molar-refractivity contribution in [3.05, 3.63) is 95.2 Å². The number of ether oxygens (including phenoxy) is 12. The van der Waals surface area contributed by atoms with E-state index < -0.39 is 0 Å². The number of benzene rings is 2. The largest absolute Gasteiger partial charge is 0.498 e. The molecule has 0 saturated carbocycles. The minimum atomic E-state index is 0.624. The highest BCUT2D eigenvalue weighted by Crippen LogP contribution is 2.26. The van der Waals surface area contributed by atoms with Gasteiger partial charge in [0.15, 0.2) is 23.0 Å². The fourth-order valence-corrected chi connectivity index (χ4v) is 8.25. The summed E-state index contributed by atoms with van der Waals surface area (Å²) in [6, 6.07) is 8.82. The molecular formula is C58H88O12. The van der Waals surface area contributed by atoms with Crippen molar-refractivity contribution in [2.75, 3.05) is 79.3 Å². The van der Waals surface area contributed by atoms with Crippen LogP contribution in [0.3, 0.4) is 0 Å². The fraction of sp³-hybridized carbons (Fsp3) is 0.621. The molecule has 0 unspecified atom stereocenters. The van der Waals surface area contributed by atoms with Crippen molar-refractivity contribution >= 4 is 33.8 Å². The Morgan fingerprint density at radius 1 is 0.243 bits per heavy atom. The molecule has 70 heavy (non-hydrogen) atoms. The summed E-state index contributed by atoms with van der Waals surface area (Å²) in [5, 5.41) is 6.64. The minimum Gasteiger partial charge on any atom is -0.498 e. The zero-order valence-corrected chi connectivity index (χ0v) is 43.5. The van der Waals surface area contributed by atoms with Crippen molar-refractivity contribution in [3.8, 4) is 0 Å². The van der Waals surface area contributed by atoms with Crippen LogP contribution in [0.1, 0.15) is 156 Å². The molecule has 0 radical (unpaired) electrons. The molecule has 0 fully saturated rings. The summed E-state index contributed by atoms with van der Waals surface area (Å²) in [5.74, 6) is 3.37. The van der Waals surface area contributed by atoms with Gasteiger partial charge in [-0.25, -0.2) is 0 Å². The van der Waals surface area contributed by atoms with Crippen molar-refractivity contribution < 1.29 is 56.8 Å². The lowest BCUT2D eigenvalue weighted by atomic mass is 10.1. The minimum absolute atomic E-state index is 0.624. The zero-order valence-electron chi connectivity index (χ0n) is 43.5. The van der Waals surface area contributed by atoms with E-state index in [1.54, 1.807) is 50.1 Å².